The summed E-state index contributed by atoms with van der Waals surface area (Å²) < 4.78 is 28.3. The zero-order valence-corrected chi connectivity index (χ0v) is 13.6. The lowest BCUT2D eigenvalue weighted by Crippen LogP contribution is -2.19. The molecule has 1 atom stereocenters. The molecule has 18 heavy (non-hydrogen) atoms. The molecule has 7 heteroatoms. The van der Waals surface area contributed by atoms with Crippen LogP contribution in [0.25, 0.3) is 0 Å². The normalized spacial score (nSPS) is 13.3. The van der Waals surface area contributed by atoms with E-state index in [2.05, 4.69) is 15.9 Å². The van der Waals surface area contributed by atoms with Crippen molar-refractivity contribution in [3.63, 3.8) is 0 Å². The minimum Gasteiger partial charge on any atom is -0.492 e. The summed E-state index contributed by atoms with van der Waals surface area (Å²) in [4.78, 5) is 0. The molecule has 0 saturated heterocycles. The van der Waals surface area contributed by atoms with Crippen LogP contribution in [0.3, 0.4) is 0 Å². The number of hydrogen-bond donors (Lipinski definition) is 0. The summed E-state index contributed by atoms with van der Waals surface area (Å²) in [6, 6.07) is 5.16. The van der Waals surface area contributed by atoms with Crippen LogP contribution in [-0.4, -0.2) is 20.8 Å². The second kappa shape index (κ2) is 6.98. The van der Waals surface area contributed by atoms with Gasteiger partial charge in [-0.2, -0.15) is 0 Å². The van der Waals surface area contributed by atoms with Crippen LogP contribution in [0.2, 0.25) is 5.02 Å². The first-order chi connectivity index (χ1) is 8.31. The Kier molecular flexibility index (Phi) is 6.24. The second-order valence-corrected chi connectivity index (χ2v) is 7.98. The van der Waals surface area contributed by atoms with Crippen molar-refractivity contribution in [2.45, 2.75) is 13.3 Å². The fraction of sp³-hybridized carbons (Fsp3) is 0.455. The molecule has 0 radical (unpaired) electrons. The van der Waals surface area contributed by atoms with Crippen molar-refractivity contribution in [3.8, 4) is 5.75 Å². The van der Waals surface area contributed by atoms with Crippen molar-refractivity contribution >= 4 is 47.3 Å². The molecule has 0 fully saturated rings. The van der Waals surface area contributed by atoms with E-state index in [-0.39, 0.29) is 11.7 Å². The van der Waals surface area contributed by atoms with Gasteiger partial charge >= 0.3 is 0 Å². The highest BCUT2D eigenvalue weighted by atomic mass is 79.9. The maximum Gasteiger partial charge on any atom is 0.232 e. The molecule has 0 N–H and O–H groups in total. The number of rotatable bonds is 6. The Bertz CT molecular complexity index is 505. The van der Waals surface area contributed by atoms with E-state index in [4.69, 9.17) is 27.0 Å². The first kappa shape index (κ1) is 16.1. The monoisotopic (exact) mass is 374 g/mol. The maximum atomic E-state index is 11.0. The maximum absolute atomic E-state index is 11.0. The van der Waals surface area contributed by atoms with Crippen molar-refractivity contribution in [2.24, 2.45) is 5.92 Å². The Morgan fingerprint density at radius 2 is 2.11 bits per heavy atom. The summed E-state index contributed by atoms with van der Waals surface area (Å²) >= 11 is 9.14. The smallest absolute Gasteiger partial charge is 0.232 e. The average molecular weight is 376 g/mol. The first-order valence-corrected chi connectivity index (χ1v) is 8.97. The lowest BCUT2D eigenvalue weighted by atomic mass is 10.1. The van der Waals surface area contributed by atoms with E-state index >= 15 is 0 Å². The van der Waals surface area contributed by atoms with Gasteiger partial charge in [-0.05, 0) is 40.5 Å². The minimum absolute atomic E-state index is 0.0870. The minimum atomic E-state index is -3.50. The Labute approximate surface area is 125 Å². The van der Waals surface area contributed by atoms with Crippen molar-refractivity contribution in [2.75, 3.05) is 12.4 Å². The molecule has 0 spiro atoms. The standard InChI is InChI=1S/C11H13BrCl2O3S/c1-2-8(7-18(14,15)16)6-17-11-4-3-9(13)5-10(11)12/h3-5,8H,2,6-7H2,1H3. The van der Waals surface area contributed by atoms with Gasteiger partial charge in [0.15, 0.2) is 0 Å². The molecule has 1 unspecified atom stereocenters. The van der Waals surface area contributed by atoms with Crippen molar-refractivity contribution in [1.82, 2.24) is 0 Å². The van der Waals surface area contributed by atoms with Gasteiger partial charge in [0, 0.05) is 21.6 Å². The highest BCUT2D eigenvalue weighted by Gasteiger charge is 2.16. The number of ether oxygens (including phenoxy) is 1. The molecule has 0 aliphatic heterocycles. The van der Waals surface area contributed by atoms with Gasteiger partial charge < -0.3 is 4.74 Å². The van der Waals surface area contributed by atoms with E-state index in [1.165, 1.54) is 0 Å². The van der Waals surface area contributed by atoms with Crippen LogP contribution in [-0.2, 0) is 9.05 Å². The van der Waals surface area contributed by atoms with Crippen LogP contribution in [0.1, 0.15) is 13.3 Å². The van der Waals surface area contributed by atoms with Crippen molar-refractivity contribution in [3.05, 3.63) is 27.7 Å². The van der Waals surface area contributed by atoms with E-state index in [1.807, 2.05) is 6.92 Å². The SMILES string of the molecule is CCC(COc1ccc(Cl)cc1Br)CS(=O)(=O)Cl. The number of hydrogen-bond acceptors (Lipinski definition) is 3. The van der Waals surface area contributed by atoms with Crippen LogP contribution < -0.4 is 4.74 Å². The largest absolute Gasteiger partial charge is 0.492 e. The molecule has 0 saturated carbocycles. The fourth-order valence-corrected chi connectivity index (χ4v) is 3.59. The van der Waals surface area contributed by atoms with Crippen LogP contribution in [0.4, 0.5) is 0 Å². The fourth-order valence-electron chi connectivity index (χ4n) is 1.37. The summed E-state index contributed by atoms with van der Waals surface area (Å²) in [7, 11) is 1.73. The number of halogens is 3. The lowest BCUT2D eigenvalue weighted by Gasteiger charge is -2.15. The molecule has 0 heterocycles. The molecule has 0 aliphatic carbocycles. The zero-order valence-electron chi connectivity index (χ0n) is 9.70. The summed E-state index contributed by atoms with van der Waals surface area (Å²) in [5.41, 5.74) is 0. The predicted molar refractivity (Wildman–Crippen MR) is 78.1 cm³/mol. The average Bonchev–Trinajstić information content (AvgIpc) is 2.24. The summed E-state index contributed by atoms with van der Waals surface area (Å²) in [6.45, 7) is 2.19. The van der Waals surface area contributed by atoms with Gasteiger partial charge in [0.25, 0.3) is 0 Å². The van der Waals surface area contributed by atoms with E-state index < -0.39 is 9.05 Å². The third kappa shape index (κ3) is 5.78. The van der Waals surface area contributed by atoms with Gasteiger partial charge in [-0.3, -0.25) is 0 Å². The van der Waals surface area contributed by atoms with Crippen molar-refractivity contribution < 1.29 is 13.2 Å². The third-order valence-electron chi connectivity index (χ3n) is 2.38. The van der Waals surface area contributed by atoms with Gasteiger partial charge in [0.1, 0.15) is 5.75 Å². The molecular formula is C11H13BrCl2O3S. The van der Waals surface area contributed by atoms with Crippen LogP contribution in [0.5, 0.6) is 5.75 Å². The molecule has 3 nitrogen and oxygen atoms in total. The Hall–Kier alpha value is 0.0300. The van der Waals surface area contributed by atoms with Crippen LogP contribution in [0.15, 0.2) is 22.7 Å². The summed E-state index contributed by atoms with van der Waals surface area (Å²) in [5.74, 6) is 0.413. The molecular weight excluding hydrogens is 363 g/mol. The first-order valence-electron chi connectivity index (χ1n) is 5.32. The molecule has 0 amide bonds. The van der Waals surface area contributed by atoms with Gasteiger partial charge in [0.2, 0.25) is 9.05 Å². The van der Waals surface area contributed by atoms with Gasteiger partial charge in [-0.25, -0.2) is 8.42 Å². The highest BCUT2D eigenvalue weighted by molar-refractivity contribution is 9.10. The van der Waals surface area contributed by atoms with Gasteiger partial charge in [0.05, 0.1) is 16.8 Å². The predicted octanol–water partition coefficient (Wildman–Crippen LogP) is 4.08. The summed E-state index contributed by atoms with van der Waals surface area (Å²) in [5, 5.41) is 0.601. The Morgan fingerprint density at radius 3 is 2.61 bits per heavy atom. The zero-order chi connectivity index (χ0) is 13.8. The Morgan fingerprint density at radius 1 is 1.44 bits per heavy atom. The van der Waals surface area contributed by atoms with Crippen LogP contribution >= 0.6 is 38.2 Å². The topological polar surface area (TPSA) is 43.4 Å². The quantitative estimate of drug-likeness (QED) is 0.703. The molecule has 0 aromatic heterocycles. The highest BCUT2D eigenvalue weighted by Crippen LogP contribution is 2.28. The molecule has 0 bridgehead atoms. The molecule has 1 aromatic carbocycles. The van der Waals surface area contributed by atoms with Crippen molar-refractivity contribution in [1.29, 1.82) is 0 Å². The molecule has 0 aliphatic rings. The van der Waals surface area contributed by atoms with Gasteiger partial charge in [-0.15, -0.1) is 0 Å². The summed E-state index contributed by atoms with van der Waals surface area (Å²) in [6.07, 6.45) is 0.678. The van der Waals surface area contributed by atoms with E-state index in [0.717, 1.165) is 4.47 Å². The number of benzene rings is 1. The molecule has 102 valence electrons. The Balaban J connectivity index is 2.62. The van der Waals surface area contributed by atoms with E-state index in [9.17, 15) is 8.42 Å². The van der Waals surface area contributed by atoms with E-state index in [0.29, 0.717) is 23.8 Å². The second-order valence-electron chi connectivity index (χ2n) is 3.87. The third-order valence-corrected chi connectivity index (χ3v) is 4.48. The lowest BCUT2D eigenvalue weighted by molar-refractivity contribution is 0.256. The van der Waals surface area contributed by atoms with Crippen LogP contribution in [0, 0.1) is 5.92 Å². The van der Waals surface area contributed by atoms with Gasteiger partial charge in [-0.1, -0.05) is 18.5 Å². The molecule has 1 aromatic rings. The van der Waals surface area contributed by atoms with E-state index in [1.54, 1.807) is 18.2 Å². The molecule has 1 rings (SSSR count).